The molecule has 5 heteroatoms. The van der Waals surface area contributed by atoms with E-state index in [2.05, 4.69) is 20.9 Å². The molecule has 2 rings (SSSR count). The van der Waals surface area contributed by atoms with Crippen molar-refractivity contribution in [2.45, 2.75) is 0 Å². The van der Waals surface area contributed by atoms with Crippen LogP contribution in [0.4, 0.5) is 5.69 Å². The summed E-state index contributed by atoms with van der Waals surface area (Å²) in [4.78, 5) is 3.91. The highest BCUT2D eigenvalue weighted by Crippen LogP contribution is 2.34. The third kappa shape index (κ3) is 2.55. The Kier molecular flexibility index (Phi) is 3.26. The predicted octanol–water partition coefficient (Wildman–Crippen LogP) is 3.09. The fourth-order valence-electron chi connectivity index (χ4n) is 1.26. The molecule has 0 aliphatic heterocycles. The predicted molar refractivity (Wildman–Crippen MR) is 67.6 cm³/mol. The quantitative estimate of drug-likeness (QED) is 0.863. The third-order valence-corrected chi connectivity index (χ3v) is 2.69. The standard InChI is InChI=1S/C12H8BrN3O/c13-10-2-1-3-11(15)12(10)17-9-5-4-8(6-14)16-7-9/h1-5,7H,15H2. The highest BCUT2D eigenvalue weighted by atomic mass is 79.9. The fraction of sp³-hybridized carbons (Fsp3) is 0. The van der Waals surface area contributed by atoms with Crippen LogP contribution in [-0.2, 0) is 0 Å². The first-order valence-electron chi connectivity index (χ1n) is 4.78. The van der Waals surface area contributed by atoms with Gasteiger partial charge < -0.3 is 10.5 Å². The van der Waals surface area contributed by atoms with Gasteiger partial charge in [-0.15, -0.1) is 0 Å². The van der Waals surface area contributed by atoms with Crippen molar-refractivity contribution >= 4 is 21.6 Å². The van der Waals surface area contributed by atoms with Crippen LogP contribution in [0.25, 0.3) is 0 Å². The summed E-state index contributed by atoms with van der Waals surface area (Å²) >= 11 is 3.35. The number of rotatable bonds is 2. The second-order valence-corrected chi connectivity index (χ2v) is 4.11. The lowest BCUT2D eigenvalue weighted by molar-refractivity contribution is 0.479. The van der Waals surface area contributed by atoms with Crippen LogP contribution in [0.3, 0.4) is 0 Å². The van der Waals surface area contributed by atoms with E-state index in [1.807, 2.05) is 18.2 Å². The summed E-state index contributed by atoms with van der Waals surface area (Å²) in [5, 5.41) is 8.63. The zero-order valence-electron chi connectivity index (χ0n) is 8.72. The van der Waals surface area contributed by atoms with E-state index >= 15 is 0 Å². The largest absolute Gasteiger partial charge is 0.452 e. The molecule has 84 valence electrons. The maximum absolute atomic E-state index is 8.63. The van der Waals surface area contributed by atoms with Crippen LogP contribution < -0.4 is 10.5 Å². The molecule has 0 aliphatic carbocycles. The molecule has 0 fully saturated rings. The molecule has 0 bridgehead atoms. The molecule has 0 saturated carbocycles. The molecule has 2 N–H and O–H groups in total. The maximum Gasteiger partial charge on any atom is 0.164 e. The normalized spacial score (nSPS) is 9.65. The Morgan fingerprint density at radius 1 is 1.29 bits per heavy atom. The Morgan fingerprint density at radius 3 is 2.71 bits per heavy atom. The molecule has 1 aromatic heterocycles. The van der Waals surface area contributed by atoms with Crippen molar-refractivity contribution in [3.63, 3.8) is 0 Å². The van der Waals surface area contributed by atoms with E-state index in [0.29, 0.717) is 22.9 Å². The molecule has 1 aromatic carbocycles. The summed E-state index contributed by atoms with van der Waals surface area (Å²) in [5.41, 5.74) is 6.67. The zero-order chi connectivity index (χ0) is 12.3. The number of nitrogens with zero attached hydrogens (tertiary/aromatic N) is 2. The minimum atomic E-state index is 0.345. The minimum Gasteiger partial charge on any atom is -0.452 e. The molecule has 0 amide bonds. The monoisotopic (exact) mass is 289 g/mol. The fourth-order valence-corrected chi connectivity index (χ4v) is 1.72. The summed E-state index contributed by atoms with van der Waals surface area (Å²) in [7, 11) is 0. The number of benzene rings is 1. The van der Waals surface area contributed by atoms with Crippen molar-refractivity contribution in [1.82, 2.24) is 4.98 Å². The number of pyridine rings is 1. The van der Waals surface area contributed by atoms with Crippen molar-refractivity contribution in [3.8, 4) is 17.6 Å². The molecule has 0 unspecified atom stereocenters. The van der Waals surface area contributed by atoms with Crippen LogP contribution in [0.1, 0.15) is 5.69 Å². The van der Waals surface area contributed by atoms with Gasteiger partial charge in [0.15, 0.2) is 5.75 Å². The van der Waals surface area contributed by atoms with Crippen molar-refractivity contribution in [3.05, 3.63) is 46.7 Å². The van der Waals surface area contributed by atoms with E-state index in [9.17, 15) is 0 Å². The molecular weight excluding hydrogens is 282 g/mol. The molecule has 0 spiro atoms. The molecule has 17 heavy (non-hydrogen) atoms. The Bertz CT molecular complexity index is 555. The van der Waals surface area contributed by atoms with Crippen LogP contribution in [0.2, 0.25) is 0 Å². The summed E-state index contributed by atoms with van der Waals surface area (Å²) in [6.45, 7) is 0. The van der Waals surface area contributed by atoms with Crippen molar-refractivity contribution < 1.29 is 4.74 Å². The number of nitrogen functional groups attached to an aromatic ring is 1. The molecule has 0 atom stereocenters. The van der Waals surface area contributed by atoms with Crippen LogP contribution >= 0.6 is 15.9 Å². The lowest BCUT2D eigenvalue weighted by atomic mass is 10.3. The smallest absolute Gasteiger partial charge is 0.164 e. The summed E-state index contributed by atoms with van der Waals surface area (Å²) in [5.74, 6) is 1.07. The average Bonchev–Trinajstić information content (AvgIpc) is 2.35. The number of hydrogen-bond acceptors (Lipinski definition) is 4. The van der Waals surface area contributed by atoms with E-state index in [0.717, 1.165) is 4.47 Å². The van der Waals surface area contributed by atoms with Crippen molar-refractivity contribution in [2.24, 2.45) is 0 Å². The number of halogens is 1. The van der Waals surface area contributed by atoms with E-state index in [1.165, 1.54) is 6.20 Å². The first kappa shape index (κ1) is 11.4. The molecule has 4 nitrogen and oxygen atoms in total. The summed E-state index contributed by atoms with van der Waals surface area (Å²) < 4.78 is 6.36. The number of nitrogens with two attached hydrogens (primary N) is 1. The number of anilines is 1. The third-order valence-electron chi connectivity index (χ3n) is 2.07. The lowest BCUT2D eigenvalue weighted by Crippen LogP contribution is -1.93. The van der Waals surface area contributed by atoms with Crippen LogP contribution in [0.5, 0.6) is 11.5 Å². The zero-order valence-corrected chi connectivity index (χ0v) is 10.3. The maximum atomic E-state index is 8.63. The molecule has 0 radical (unpaired) electrons. The Hall–Kier alpha value is -2.06. The first-order valence-corrected chi connectivity index (χ1v) is 5.58. The summed E-state index contributed by atoms with van der Waals surface area (Å²) in [6.07, 6.45) is 1.48. The van der Waals surface area contributed by atoms with Gasteiger partial charge in [-0.2, -0.15) is 5.26 Å². The van der Waals surface area contributed by atoms with Gasteiger partial charge in [0, 0.05) is 0 Å². The minimum absolute atomic E-state index is 0.345. The Morgan fingerprint density at radius 2 is 2.12 bits per heavy atom. The first-order chi connectivity index (χ1) is 8.20. The highest BCUT2D eigenvalue weighted by Gasteiger charge is 2.06. The van der Waals surface area contributed by atoms with Crippen LogP contribution in [0, 0.1) is 11.3 Å². The second kappa shape index (κ2) is 4.85. The van der Waals surface area contributed by atoms with E-state index in [4.69, 9.17) is 15.7 Å². The van der Waals surface area contributed by atoms with Gasteiger partial charge >= 0.3 is 0 Å². The highest BCUT2D eigenvalue weighted by molar-refractivity contribution is 9.10. The van der Waals surface area contributed by atoms with E-state index in [1.54, 1.807) is 18.2 Å². The molecule has 0 saturated heterocycles. The molecule has 2 aromatic rings. The number of aromatic nitrogens is 1. The van der Waals surface area contributed by atoms with Gasteiger partial charge in [-0.1, -0.05) is 6.07 Å². The molecular formula is C12H8BrN3O. The number of nitriles is 1. The Balaban J connectivity index is 2.29. The van der Waals surface area contributed by atoms with Gasteiger partial charge in [0.2, 0.25) is 0 Å². The van der Waals surface area contributed by atoms with Gasteiger partial charge in [-0.25, -0.2) is 4.98 Å². The van der Waals surface area contributed by atoms with Gasteiger partial charge in [0.05, 0.1) is 16.4 Å². The average molecular weight is 290 g/mol. The van der Waals surface area contributed by atoms with E-state index in [-0.39, 0.29) is 0 Å². The molecule has 1 heterocycles. The van der Waals surface area contributed by atoms with Gasteiger partial charge in [-0.05, 0) is 40.2 Å². The Labute approximate surface area is 107 Å². The van der Waals surface area contributed by atoms with Gasteiger partial charge in [0.25, 0.3) is 0 Å². The summed E-state index contributed by atoms with van der Waals surface area (Å²) in [6, 6.07) is 10.6. The van der Waals surface area contributed by atoms with Crippen LogP contribution in [0.15, 0.2) is 41.0 Å². The number of hydrogen-bond donors (Lipinski definition) is 1. The number of ether oxygens (including phenoxy) is 1. The van der Waals surface area contributed by atoms with Crippen LogP contribution in [-0.4, -0.2) is 4.98 Å². The molecule has 0 aliphatic rings. The van der Waals surface area contributed by atoms with E-state index < -0.39 is 0 Å². The van der Waals surface area contributed by atoms with Gasteiger partial charge in [-0.3, -0.25) is 0 Å². The SMILES string of the molecule is N#Cc1ccc(Oc2c(N)cccc2Br)cn1. The lowest BCUT2D eigenvalue weighted by Gasteiger charge is -2.09. The van der Waals surface area contributed by atoms with Crippen molar-refractivity contribution in [2.75, 3.05) is 5.73 Å². The topological polar surface area (TPSA) is 71.9 Å². The number of para-hydroxylation sites is 1. The van der Waals surface area contributed by atoms with Crippen molar-refractivity contribution in [1.29, 1.82) is 5.26 Å². The van der Waals surface area contributed by atoms with Gasteiger partial charge in [0.1, 0.15) is 17.5 Å². The second-order valence-electron chi connectivity index (χ2n) is 3.25.